The van der Waals surface area contributed by atoms with Gasteiger partial charge in [-0.25, -0.2) is 0 Å². The van der Waals surface area contributed by atoms with Crippen molar-refractivity contribution in [1.29, 1.82) is 0 Å². The molecular weight excluding hydrogens is 174 g/mol. The number of hydrogen-bond donors (Lipinski definition) is 1. The van der Waals surface area contributed by atoms with E-state index in [-0.39, 0.29) is 0 Å². The maximum atomic E-state index is 4.29. The van der Waals surface area contributed by atoms with Gasteiger partial charge in [-0.3, -0.25) is 9.97 Å². The molecule has 1 unspecified atom stereocenters. The van der Waals surface area contributed by atoms with Crippen molar-refractivity contribution in [2.24, 2.45) is 0 Å². The van der Waals surface area contributed by atoms with Crippen molar-refractivity contribution in [2.45, 2.75) is 39.2 Å². The van der Waals surface area contributed by atoms with Gasteiger partial charge < -0.3 is 5.32 Å². The van der Waals surface area contributed by atoms with E-state index in [1.807, 2.05) is 6.20 Å². The highest BCUT2D eigenvalue weighted by Crippen LogP contribution is 2.13. The minimum atomic E-state index is 0.481. The first-order valence-electron chi connectivity index (χ1n) is 5.19. The zero-order valence-electron chi connectivity index (χ0n) is 9.20. The zero-order chi connectivity index (χ0) is 10.4. The molecule has 1 rings (SSSR count). The number of rotatable bonds is 5. The molecule has 0 amide bonds. The highest BCUT2D eigenvalue weighted by molar-refractivity contribution is 5.01. The summed E-state index contributed by atoms with van der Waals surface area (Å²) in [6, 6.07) is 0.559. The Hall–Kier alpha value is -0.960. The second-order valence-corrected chi connectivity index (χ2v) is 3.93. The van der Waals surface area contributed by atoms with Gasteiger partial charge in [-0.1, -0.05) is 20.8 Å². The van der Waals surface area contributed by atoms with E-state index in [1.165, 1.54) is 0 Å². The van der Waals surface area contributed by atoms with Crippen LogP contribution in [0.15, 0.2) is 18.6 Å². The van der Waals surface area contributed by atoms with Gasteiger partial charge >= 0.3 is 0 Å². The lowest BCUT2D eigenvalue weighted by atomic mass is 10.0. The van der Waals surface area contributed by atoms with Crippen LogP contribution in [0.5, 0.6) is 0 Å². The third kappa shape index (κ3) is 3.83. The Bertz CT molecular complexity index is 246. The Morgan fingerprint density at radius 1 is 1.29 bits per heavy atom. The summed E-state index contributed by atoms with van der Waals surface area (Å²) in [7, 11) is 0. The van der Waals surface area contributed by atoms with E-state index in [0.29, 0.717) is 12.0 Å². The van der Waals surface area contributed by atoms with E-state index in [1.54, 1.807) is 12.4 Å². The monoisotopic (exact) mass is 193 g/mol. The Kier molecular flexibility index (Phi) is 4.53. The van der Waals surface area contributed by atoms with Gasteiger partial charge in [0.1, 0.15) is 0 Å². The van der Waals surface area contributed by atoms with Crippen molar-refractivity contribution >= 4 is 0 Å². The Morgan fingerprint density at radius 3 is 2.64 bits per heavy atom. The fourth-order valence-electron chi connectivity index (χ4n) is 1.30. The molecule has 1 atom stereocenters. The molecule has 14 heavy (non-hydrogen) atoms. The fraction of sp³-hybridized carbons (Fsp3) is 0.636. The topological polar surface area (TPSA) is 37.8 Å². The van der Waals surface area contributed by atoms with E-state index in [4.69, 9.17) is 0 Å². The number of nitrogens with one attached hydrogen (secondary N) is 1. The second-order valence-electron chi connectivity index (χ2n) is 3.93. The van der Waals surface area contributed by atoms with Crippen molar-refractivity contribution in [2.75, 3.05) is 6.54 Å². The van der Waals surface area contributed by atoms with E-state index in [0.717, 1.165) is 18.7 Å². The molecule has 0 bridgehead atoms. The van der Waals surface area contributed by atoms with E-state index < -0.39 is 0 Å². The molecule has 3 nitrogen and oxygen atoms in total. The Balaban J connectivity index is 2.32. The first-order valence-corrected chi connectivity index (χ1v) is 5.19. The minimum absolute atomic E-state index is 0.481. The van der Waals surface area contributed by atoms with Gasteiger partial charge in [-0.2, -0.15) is 0 Å². The molecule has 0 spiro atoms. The summed E-state index contributed by atoms with van der Waals surface area (Å²) in [4.78, 5) is 8.35. The van der Waals surface area contributed by atoms with Crippen LogP contribution in [0.4, 0.5) is 0 Å². The normalized spacial score (nSPS) is 13.1. The third-order valence-corrected chi connectivity index (χ3v) is 2.22. The molecule has 0 aromatic carbocycles. The smallest absolute Gasteiger partial charge is 0.0615 e. The summed E-state index contributed by atoms with van der Waals surface area (Å²) in [5.74, 6) is 0.481. The van der Waals surface area contributed by atoms with Crippen LogP contribution in [0.3, 0.4) is 0 Å². The standard InChI is InChI=1S/C11H19N3/c1-9(2)13-5-4-10(3)11-8-12-6-7-14-11/h6-10,13H,4-5H2,1-3H3. The van der Waals surface area contributed by atoms with Crippen LogP contribution >= 0.6 is 0 Å². The van der Waals surface area contributed by atoms with Crippen molar-refractivity contribution in [3.8, 4) is 0 Å². The van der Waals surface area contributed by atoms with Gasteiger partial charge in [0, 0.05) is 30.6 Å². The van der Waals surface area contributed by atoms with Crippen molar-refractivity contribution in [1.82, 2.24) is 15.3 Å². The maximum Gasteiger partial charge on any atom is 0.0615 e. The molecule has 0 saturated heterocycles. The predicted molar refractivity (Wildman–Crippen MR) is 58.2 cm³/mol. The second kappa shape index (κ2) is 5.70. The fourth-order valence-corrected chi connectivity index (χ4v) is 1.30. The zero-order valence-corrected chi connectivity index (χ0v) is 9.20. The lowest BCUT2D eigenvalue weighted by molar-refractivity contribution is 0.536. The molecular formula is C11H19N3. The summed E-state index contributed by atoms with van der Waals surface area (Å²) < 4.78 is 0. The summed E-state index contributed by atoms with van der Waals surface area (Å²) >= 11 is 0. The van der Waals surface area contributed by atoms with Gasteiger partial charge in [-0.05, 0) is 13.0 Å². The predicted octanol–water partition coefficient (Wildman–Crippen LogP) is 1.97. The van der Waals surface area contributed by atoms with E-state index in [9.17, 15) is 0 Å². The molecule has 0 fully saturated rings. The molecule has 0 aliphatic heterocycles. The first kappa shape index (κ1) is 11.1. The average Bonchev–Trinajstić information content (AvgIpc) is 2.18. The van der Waals surface area contributed by atoms with Crippen LogP contribution < -0.4 is 5.32 Å². The van der Waals surface area contributed by atoms with Crippen LogP contribution in [0, 0.1) is 0 Å². The summed E-state index contributed by atoms with van der Waals surface area (Å²) in [5, 5.41) is 3.40. The molecule has 1 aromatic heterocycles. The quantitative estimate of drug-likeness (QED) is 0.777. The van der Waals surface area contributed by atoms with E-state index in [2.05, 4.69) is 36.1 Å². The highest BCUT2D eigenvalue weighted by atomic mass is 14.9. The van der Waals surface area contributed by atoms with Crippen molar-refractivity contribution in [3.05, 3.63) is 24.3 Å². The molecule has 0 radical (unpaired) electrons. The molecule has 1 N–H and O–H groups in total. The van der Waals surface area contributed by atoms with Crippen molar-refractivity contribution < 1.29 is 0 Å². The molecule has 0 aliphatic carbocycles. The molecule has 0 saturated carbocycles. The highest BCUT2D eigenvalue weighted by Gasteiger charge is 2.06. The summed E-state index contributed by atoms with van der Waals surface area (Å²) in [5.41, 5.74) is 1.08. The molecule has 0 aliphatic rings. The van der Waals surface area contributed by atoms with Gasteiger partial charge in [0.25, 0.3) is 0 Å². The lowest BCUT2D eigenvalue weighted by Crippen LogP contribution is -2.24. The molecule has 1 aromatic rings. The maximum absolute atomic E-state index is 4.29. The van der Waals surface area contributed by atoms with Crippen LogP contribution in [0.2, 0.25) is 0 Å². The molecule has 78 valence electrons. The van der Waals surface area contributed by atoms with Crippen molar-refractivity contribution in [3.63, 3.8) is 0 Å². The van der Waals surface area contributed by atoms with Crippen LogP contribution in [-0.4, -0.2) is 22.6 Å². The molecule has 1 heterocycles. The SMILES string of the molecule is CC(C)NCCC(C)c1cnccn1. The van der Waals surface area contributed by atoms with Crippen LogP contribution in [0.1, 0.15) is 38.8 Å². The molecule has 3 heteroatoms. The number of hydrogen-bond acceptors (Lipinski definition) is 3. The minimum Gasteiger partial charge on any atom is -0.315 e. The lowest BCUT2D eigenvalue weighted by Gasteiger charge is -2.12. The van der Waals surface area contributed by atoms with Gasteiger partial charge in [0.15, 0.2) is 0 Å². The first-order chi connectivity index (χ1) is 6.70. The van der Waals surface area contributed by atoms with Gasteiger partial charge in [0.2, 0.25) is 0 Å². The van der Waals surface area contributed by atoms with Gasteiger partial charge in [0.05, 0.1) is 5.69 Å². The largest absolute Gasteiger partial charge is 0.315 e. The third-order valence-electron chi connectivity index (χ3n) is 2.22. The Labute approximate surface area is 86.0 Å². The summed E-state index contributed by atoms with van der Waals surface area (Å²) in [6.07, 6.45) is 6.42. The van der Waals surface area contributed by atoms with Gasteiger partial charge in [-0.15, -0.1) is 0 Å². The summed E-state index contributed by atoms with van der Waals surface area (Å²) in [6.45, 7) is 7.54. The Morgan fingerprint density at radius 2 is 2.07 bits per heavy atom. The van der Waals surface area contributed by atoms with Crippen LogP contribution in [0.25, 0.3) is 0 Å². The number of aromatic nitrogens is 2. The average molecular weight is 193 g/mol. The van der Waals surface area contributed by atoms with Crippen LogP contribution in [-0.2, 0) is 0 Å². The number of nitrogens with zero attached hydrogens (tertiary/aromatic N) is 2. The van der Waals surface area contributed by atoms with E-state index >= 15 is 0 Å².